The van der Waals surface area contributed by atoms with Crippen LogP contribution in [0.4, 0.5) is 5.95 Å². The molecule has 9 nitrogen and oxygen atoms in total. The first-order valence-corrected chi connectivity index (χ1v) is 8.09. The SMILES string of the molecule is CCOCCN1N=C(C)Cn2c1nc1c2c(=O)n(CC)c(=O)n1C. The molecule has 0 amide bonds. The van der Waals surface area contributed by atoms with E-state index in [1.807, 2.05) is 18.4 Å². The molecule has 0 aromatic carbocycles. The molecule has 0 saturated heterocycles. The van der Waals surface area contributed by atoms with Crippen LogP contribution < -0.4 is 16.3 Å². The number of aryl methyl sites for hydroxylation is 1. The standard InChI is InChI=1S/C15H22N6O3/c1-5-19-13(22)11-12(18(4)15(19)23)16-14-20(11)9-10(3)17-21(14)7-8-24-6-2/h5-9H2,1-4H3. The Labute approximate surface area is 138 Å². The zero-order chi connectivity index (χ0) is 17.4. The van der Waals surface area contributed by atoms with Crippen molar-refractivity contribution < 1.29 is 4.74 Å². The highest BCUT2D eigenvalue weighted by molar-refractivity contribution is 5.87. The molecular weight excluding hydrogens is 312 g/mol. The van der Waals surface area contributed by atoms with Crippen molar-refractivity contribution in [2.24, 2.45) is 12.1 Å². The quantitative estimate of drug-likeness (QED) is 0.727. The van der Waals surface area contributed by atoms with Gasteiger partial charge in [0.15, 0.2) is 11.2 Å². The number of imidazole rings is 1. The summed E-state index contributed by atoms with van der Waals surface area (Å²) in [4.78, 5) is 29.6. The van der Waals surface area contributed by atoms with Crippen molar-refractivity contribution in [2.75, 3.05) is 24.8 Å². The van der Waals surface area contributed by atoms with Gasteiger partial charge in [0.2, 0.25) is 5.95 Å². The minimum absolute atomic E-state index is 0.311. The molecule has 0 N–H and O–H groups in total. The molecule has 0 unspecified atom stereocenters. The van der Waals surface area contributed by atoms with Crippen LogP contribution in [0.2, 0.25) is 0 Å². The summed E-state index contributed by atoms with van der Waals surface area (Å²) in [5, 5.41) is 6.24. The van der Waals surface area contributed by atoms with Crippen LogP contribution in [0.1, 0.15) is 20.8 Å². The molecule has 0 saturated carbocycles. The molecule has 0 fully saturated rings. The van der Waals surface area contributed by atoms with Crippen molar-refractivity contribution in [2.45, 2.75) is 33.9 Å². The van der Waals surface area contributed by atoms with Gasteiger partial charge in [0, 0.05) is 20.2 Å². The van der Waals surface area contributed by atoms with Crippen molar-refractivity contribution in [1.29, 1.82) is 0 Å². The maximum atomic E-state index is 12.7. The zero-order valence-corrected chi connectivity index (χ0v) is 14.4. The first-order valence-electron chi connectivity index (χ1n) is 8.09. The second kappa shape index (κ2) is 6.23. The molecular formula is C15H22N6O3. The summed E-state index contributed by atoms with van der Waals surface area (Å²) in [5.41, 5.74) is 1.02. The monoisotopic (exact) mass is 334 g/mol. The number of anilines is 1. The smallest absolute Gasteiger partial charge is 0.332 e. The van der Waals surface area contributed by atoms with Gasteiger partial charge in [-0.25, -0.2) is 9.80 Å². The lowest BCUT2D eigenvalue weighted by Crippen LogP contribution is -2.39. The Morgan fingerprint density at radius 2 is 2.00 bits per heavy atom. The molecule has 2 aromatic heterocycles. The fraction of sp³-hybridized carbons (Fsp3) is 0.600. The number of hydrogen-bond acceptors (Lipinski definition) is 6. The highest BCUT2D eigenvalue weighted by Crippen LogP contribution is 2.23. The van der Waals surface area contributed by atoms with Crippen molar-refractivity contribution in [1.82, 2.24) is 18.7 Å². The Morgan fingerprint density at radius 3 is 2.67 bits per heavy atom. The molecule has 0 spiro atoms. The van der Waals surface area contributed by atoms with Gasteiger partial charge in [-0.2, -0.15) is 10.1 Å². The van der Waals surface area contributed by atoms with E-state index in [2.05, 4.69) is 10.1 Å². The minimum atomic E-state index is -0.357. The Kier molecular flexibility index (Phi) is 4.27. The molecule has 9 heteroatoms. The number of fused-ring (bicyclic) bond motifs is 3. The van der Waals surface area contributed by atoms with E-state index in [1.54, 1.807) is 19.0 Å². The number of nitrogens with zero attached hydrogens (tertiary/aromatic N) is 6. The zero-order valence-electron chi connectivity index (χ0n) is 14.4. The van der Waals surface area contributed by atoms with Crippen molar-refractivity contribution in [3.05, 3.63) is 20.8 Å². The van der Waals surface area contributed by atoms with E-state index in [1.165, 1.54) is 9.13 Å². The van der Waals surface area contributed by atoms with Gasteiger partial charge < -0.3 is 4.74 Å². The van der Waals surface area contributed by atoms with Gasteiger partial charge in [0.1, 0.15) is 0 Å². The van der Waals surface area contributed by atoms with E-state index in [0.29, 0.717) is 50.0 Å². The largest absolute Gasteiger partial charge is 0.380 e. The van der Waals surface area contributed by atoms with Crippen molar-refractivity contribution >= 4 is 22.8 Å². The molecule has 1 aliphatic rings. The highest BCUT2D eigenvalue weighted by Gasteiger charge is 2.26. The molecule has 3 heterocycles. The summed E-state index contributed by atoms with van der Waals surface area (Å²) in [6, 6.07) is 0. The van der Waals surface area contributed by atoms with E-state index in [9.17, 15) is 9.59 Å². The molecule has 0 atom stereocenters. The summed E-state index contributed by atoms with van der Waals surface area (Å²) in [7, 11) is 1.63. The number of ether oxygens (including phenoxy) is 1. The molecule has 0 radical (unpaired) electrons. The molecule has 3 rings (SSSR count). The van der Waals surface area contributed by atoms with Crippen LogP contribution in [-0.2, 0) is 24.9 Å². The summed E-state index contributed by atoms with van der Waals surface area (Å²) in [5.74, 6) is 0.566. The van der Waals surface area contributed by atoms with Gasteiger partial charge in [-0.05, 0) is 20.8 Å². The third kappa shape index (κ3) is 2.44. The highest BCUT2D eigenvalue weighted by atomic mass is 16.5. The maximum Gasteiger partial charge on any atom is 0.332 e. The van der Waals surface area contributed by atoms with Crippen LogP contribution in [0.5, 0.6) is 0 Å². The number of hydrazone groups is 1. The van der Waals surface area contributed by atoms with E-state index in [-0.39, 0.29) is 11.2 Å². The average molecular weight is 334 g/mol. The lowest BCUT2D eigenvalue weighted by molar-refractivity contribution is 0.153. The summed E-state index contributed by atoms with van der Waals surface area (Å²) in [6.07, 6.45) is 0. The second-order valence-corrected chi connectivity index (χ2v) is 5.72. The van der Waals surface area contributed by atoms with Gasteiger partial charge in [-0.1, -0.05) is 0 Å². The van der Waals surface area contributed by atoms with E-state index in [4.69, 9.17) is 4.74 Å². The summed E-state index contributed by atoms with van der Waals surface area (Å²) >= 11 is 0. The normalized spacial score (nSPS) is 14.2. The maximum absolute atomic E-state index is 12.7. The van der Waals surface area contributed by atoms with Crippen LogP contribution in [0.3, 0.4) is 0 Å². The molecule has 130 valence electrons. The van der Waals surface area contributed by atoms with Crippen LogP contribution in [0, 0.1) is 0 Å². The average Bonchev–Trinajstić information content (AvgIpc) is 2.93. The van der Waals surface area contributed by atoms with E-state index < -0.39 is 0 Å². The van der Waals surface area contributed by atoms with Gasteiger partial charge >= 0.3 is 5.69 Å². The van der Waals surface area contributed by atoms with Gasteiger partial charge in [-0.15, -0.1) is 0 Å². The topological polar surface area (TPSA) is 86.7 Å². The van der Waals surface area contributed by atoms with Crippen LogP contribution in [-0.4, -0.2) is 44.2 Å². The number of aromatic nitrogens is 4. The fourth-order valence-electron chi connectivity index (χ4n) is 2.94. The van der Waals surface area contributed by atoms with Crippen LogP contribution in [0.25, 0.3) is 11.2 Å². The van der Waals surface area contributed by atoms with Crippen LogP contribution in [0.15, 0.2) is 14.7 Å². The van der Waals surface area contributed by atoms with Gasteiger partial charge in [0.25, 0.3) is 5.56 Å². The van der Waals surface area contributed by atoms with E-state index >= 15 is 0 Å². The third-order valence-corrected chi connectivity index (χ3v) is 4.09. The second-order valence-electron chi connectivity index (χ2n) is 5.72. The lowest BCUT2D eigenvalue weighted by atomic mass is 10.4. The number of rotatable bonds is 5. The fourth-order valence-corrected chi connectivity index (χ4v) is 2.94. The lowest BCUT2D eigenvalue weighted by Gasteiger charge is -2.24. The Balaban J connectivity index is 2.21. The van der Waals surface area contributed by atoms with Crippen molar-refractivity contribution in [3.63, 3.8) is 0 Å². The molecule has 0 bridgehead atoms. The minimum Gasteiger partial charge on any atom is -0.380 e. The summed E-state index contributed by atoms with van der Waals surface area (Å²) in [6.45, 7) is 8.09. The molecule has 24 heavy (non-hydrogen) atoms. The Hall–Kier alpha value is -2.42. The van der Waals surface area contributed by atoms with E-state index in [0.717, 1.165) is 5.71 Å². The predicted octanol–water partition coefficient (Wildman–Crippen LogP) is 0.149. The number of hydrogen-bond donors (Lipinski definition) is 0. The molecule has 2 aromatic rings. The van der Waals surface area contributed by atoms with Gasteiger partial charge in [-0.3, -0.25) is 18.5 Å². The molecule has 1 aliphatic heterocycles. The van der Waals surface area contributed by atoms with Gasteiger partial charge in [0.05, 0.1) is 25.4 Å². The first-order chi connectivity index (χ1) is 11.5. The Morgan fingerprint density at radius 1 is 1.25 bits per heavy atom. The van der Waals surface area contributed by atoms with Crippen molar-refractivity contribution in [3.8, 4) is 0 Å². The van der Waals surface area contributed by atoms with Crippen LogP contribution >= 0.6 is 0 Å². The third-order valence-electron chi connectivity index (χ3n) is 4.09. The summed E-state index contributed by atoms with van der Waals surface area (Å²) < 4.78 is 9.87. The predicted molar refractivity (Wildman–Crippen MR) is 91.9 cm³/mol. The Bertz CT molecular complexity index is 920. The molecule has 0 aliphatic carbocycles. The first kappa shape index (κ1) is 16.4.